The normalized spacial score (nSPS) is 9.76. The predicted octanol–water partition coefficient (Wildman–Crippen LogP) is 2.16. The molecule has 85 valence electrons. The molecule has 0 aliphatic carbocycles. The van der Waals surface area contributed by atoms with Gasteiger partial charge in [0.15, 0.2) is 0 Å². The summed E-state index contributed by atoms with van der Waals surface area (Å²) in [7, 11) is 1.71. The van der Waals surface area contributed by atoms with E-state index in [1.807, 2.05) is 22.6 Å². The molecule has 1 aromatic heterocycles. The Kier molecular flexibility index (Phi) is 5.34. The third-order valence-electron chi connectivity index (χ3n) is 2.32. The van der Waals surface area contributed by atoms with E-state index in [1.54, 1.807) is 41.9 Å². The number of benzene rings is 1. The molecule has 0 fully saturated rings. The van der Waals surface area contributed by atoms with E-state index >= 15 is 0 Å². The number of halogens is 1. The van der Waals surface area contributed by atoms with Gasteiger partial charge in [0.1, 0.15) is 5.75 Å². The molecule has 0 saturated carbocycles. The molecule has 0 spiro atoms. The first kappa shape index (κ1) is 14.9. The molecule has 5 heteroatoms. The molecule has 1 N–H and O–H groups in total. The Morgan fingerprint density at radius 2 is 1.88 bits per heavy atom. The van der Waals surface area contributed by atoms with Crippen LogP contribution in [-0.2, 0) is 39.8 Å². The number of phenols is 1. The van der Waals surface area contributed by atoms with Crippen molar-refractivity contribution in [1.29, 1.82) is 0 Å². The second kappa shape index (κ2) is 6.11. The Hall–Kier alpha value is -0.196. The number of aromatic hydroxyl groups is 1. The van der Waals surface area contributed by atoms with Crippen molar-refractivity contribution in [3.8, 4) is 17.0 Å². The fourth-order valence-corrected chi connectivity index (χ4v) is 1.97. The van der Waals surface area contributed by atoms with Crippen LogP contribution in [0.4, 0.5) is 0 Å². The van der Waals surface area contributed by atoms with Gasteiger partial charge in [-0.05, 0) is 15.7 Å². The van der Waals surface area contributed by atoms with Gasteiger partial charge in [0.05, 0.1) is 0 Å². The van der Waals surface area contributed by atoms with Gasteiger partial charge in [-0.2, -0.15) is 12.1 Å². The maximum absolute atomic E-state index is 11.7. The number of phenolic OH excluding ortho intramolecular Hbond substituents is 1. The van der Waals surface area contributed by atoms with E-state index in [4.69, 9.17) is 0 Å². The molecule has 1 aromatic carbocycles. The average Bonchev–Trinajstić information content (AvgIpc) is 2.28. The minimum atomic E-state index is -0.0394. The van der Waals surface area contributed by atoms with Crippen LogP contribution >= 0.6 is 22.6 Å². The molecule has 0 atom stereocenters. The molecule has 2 aromatic rings. The molecule has 0 unspecified atom stereocenters. The van der Waals surface area contributed by atoms with Gasteiger partial charge in [-0.15, -0.1) is 34.7 Å². The van der Waals surface area contributed by atoms with Gasteiger partial charge in [-0.3, -0.25) is 4.79 Å². The number of nitrogens with zero attached hydrogens (tertiary/aromatic N) is 1. The number of hydrogen-bond acceptors (Lipinski definition) is 2. The quantitative estimate of drug-likeness (QED) is 0.574. The standard InChI is InChI=1S/C12H9INO2.Y/c1-14-11(7-6-10(13)12(14)16)8-2-4-9(15)5-3-8;/h2-6,15H,1H3;/q-1;. The van der Waals surface area contributed by atoms with E-state index in [1.165, 1.54) is 0 Å². The molecular formula is C12H9INO2Y-. The van der Waals surface area contributed by atoms with Crippen LogP contribution in [0.15, 0.2) is 35.1 Å². The zero-order chi connectivity index (χ0) is 11.7. The van der Waals surface area contributed by atoms with Crippen molar-refractivity contribution in [2.24, 2.45) is 7.05 Å². The van der Waals surface area contributed by atoms with Crippen LogP contribution in [0.25, 0.3) is 11.3 Å². The van der Waals surface area contributed by atoms with Crippen molar-refractivity contribution >= 4 is 22.6 Å². The topological polar surface area (TPSA) is 42.2 Å². The van der Waals surface area contributed by atoms with Crippen LogP contribution in [0.5, 0.6) is 5.75 Å². The van der Waals surface area contributed by atoms with E-state index < -0.39 is 0 Å². The van der Waals surface area contributed by atoms with E-state index in [-0.39, 0.29) is 44.0 Å². The summed E-state index contributed by atoms with van der Waals surface area (Å²) >= 11 is 1.99. The van der Waals surface area contributed by atoms with Gasteiger partial charge in [0.2, 0.25) is 5.56 Å². The van der Waals surface area contributed by atoms with Gasteiger partial charge in [0, 0.05) is 39.8 Å². The summed E-state index contributed by atoms with van der Waals surface area (Å²) in [5.74, 6) is 0.208. The molecule has 0 aliphatic heterocycles. The van der Waals surface area contributed by atoms with E-state index in [9.17, 15) is 9.90 Å². The van der Waals surface area contributed by atoms with E-state index in [2.05, 4.69) is 6.07 Å². The Morgan fingerprint density at radius 3 is 2.47 bits per heavy atom. The van der Waals surface area contributed by atoms with Gasteiger partial charge >= 0.3 is 0 Å². The van der Waals surface area contributed by atoms with Crippen molar-refractivity contribution < 1.29 is 37.8 Å². The summed E-state index contributed by atoms with van der Waals surface area (Å²) in [6.45, 7) is 0. The molecular weight excluding hydrogens is 406 g/mol. The third kappa shape index (κ3) is 3.17. The van der Waals surface area contributed by atoms with Gasteiger partial charge in [-0.1, -0.05) is 11.3 Å². The van der Waals surface area contributed by atoms with Crippen LogP contribution in [0.3, 0.4) is 0 Å². The summed E-state index contributed by atoms with van der Waals surface area (Å²) in [6.07, 6.45) is 0. The first-order valence-corrected chi connectivity index (χ1v) is 5.74. The van der Waals surface area contributed by atoms with Crippen molar-refractivity contribution in [2.75, 3.05) is 0 Å². The third-order valence-corrected chi connectivity index (χ3v) is 3.09. The van der Waals surface area contributed by atoms with Crippen molar-refractivity contribution in [2.45, 2.75) is 0 Å². The monoisotopic (exact) mass is 415 g/mol. The van der Waals surface area contributed by atoms with Crippen LogP contribution in [0, 0.1) is 9.64 Å². The zero-order valence-corrected chi connectivity index (χ0v) is 14.1. The maximum atomic E-state index is 11.7. The van der Waals surface area contributed by atoms with Gasteiger partial charge in [-0.25, -0.2) is 0 Å². The van der Waals surface area contributed by atoms with Crippen LogP contribution in [-0.4, -0.2) is 9.67 Å². The molecule has 0 aliphatic rings. The fourth-order valence-electron chi connectivity index (χ4n) is 1.45. The van der Waals surface area contributed by atoms with Crippen molar-refractivity contribution in [1.82, 2.24) is 4.57 Å². The molecule has 0 bridgehead atoms. The first-order chi connectivity index (χ1) is 7.59. The Morgan fingerprint density at radius 1 is 1.29 bits per heavy atom. The predicted molar refractivity (Wildman–Crippen MR) is 70.3 cm³/mol. The molecule has 1 radical (unpaired) electrons. The SMILES string of the molecule is Cn1c(-c2ccc(O)cc2)[c-]cc(I)c1=O.[Y]. The van der Waals surface area contributed by atoms with E-state index in [0.717, 1.165) is 5.56 Å². The first-order valence-electron chi connectivity index (χ1n) is 4.66. The average molecular weight is 415 g/mol. The fraction of sp³-hybridized carbons (Fsp3) is 0.0833. The molecule has 2 rings (SSSR count). The van der Waals surface area contributed by atoms with Gasteiger partial charge in [0.25, 0.3) is 0 Å². The van der Waals surface area contributed by atoms with Crippen LogP contribution in [0.2, 0.25) is 0 Å². The molecule has 17 heavy (non-hydrogen) atoms. The summed E-state index contributed by atoms with van der Waals surface area (Å²) < 4.78 is 2.19. The summed E-state index contributed by atoms with van der Waals surface area (Å²) in [4.78, 5) is 11.7. The number of pyridine rings is 1. The number of hydrogen-bond donors (Lipinski definition) is 1. The molecule has 0 saturated heterocycles. The maximum Gasteiger partial charge on any atom is 0.207 e. The van der Waals surface area contributed by atoms with Gasteiger partial charge < -0.3 is 9.67 Å². The zero-order valence-electron chi connectivity index (χ0n) is 9.14. The second-order valence-corrected chi connectivity index (χ2v) is 4.56. The second-order valence-electron chi connectivity index (χ2n) is 3.40. The Labute approximate surface area is 138 Å². The number of aromatic nitrogens is 1. The smallest absolute Gasteiger partial charge is 0.207 e. The molecule has 0 amide bonds. The van der Waals surface area contributed by atoms with Crippen LogP contribution in [0.1, 0.15) is 0 Å². The van der Waals surface area contributed by atoms with Crippen LogP contribution < -0.4 is 5.56 Å². The Balaban J connectivity index is 0.00000144. The van der Waals surface area contributed by atoms with E-state index in [0.29, 0.717) is 9.26 Å². The minimum absolute atomic E-state index is 0. The van der Waals surface area contributed by atoms with Crippen molar-refractivity contribution in [3.63, 3.8) is 0 Å². The number of rotatable bonds is 1. The largest absolute Gasteiger partial charge is 0.508 e. The molecule has 1 heterocycles. The molecule has 3 nitrogen and oxygen atoms in total. The Bertz CT molecular complexity index is 578. The summed E-state index contributed by atoms with van der Waals surface area (Å²) in [5.41, 5.74) is 1.53. The summed E-state index contributed by atoms with van der Waals surface area (Å²) in [6, 6.07) is 11.4. The minimum Gasteiger partial charge on any atom is -0.508 e. The van der Waals surface area contributed by atoms with Crippen molar-refractivity contribution in [3.05, 3.63) is 50.3 Å². The summed E-state index contributed by atoms with van der Waals surface area (Å²) in [5, 5.41) is 9.19.